The number of likely N-dealkylation sites (tertiary alicyclic amines) is 1. The van der Waals surface area contributed by atoms with Crippen molar-refractivity contribution in [3.63, 3.8) is 0 Å². The lowest BCUT2D eigenvalue weighted by atomic mass is 9.93. The maximum Gasteiger partial charge on any atom is 0.222 e. The summed E-state index contributed by atoms with van der Waals surface area (Å²) in [5, 5.41) is 3.39. The molecule has 0 aromatic rings. The molecule has 2 aliphatic heterocycles. The summed E-state index contributed by atoms with van der Waals surface area (Å²) < 4.78 is 5.95. The molecule has 0 spiro atoms. The lowest BCUT2D eigenvalue weighted by molar-refractivity contribution is -0.134. The van der Waals surface area contributed by atoms with Crippen LogP contribution in [0, 0.1) is 11.8 Å². The van der Waals surface area contributed by atoms with E-state index in [1.54, 1.807) is 0 Å². The van der Waals surface area contributed by atoms with Crippen molar-refractivity contribution in [2.24, 2.45) is 11.8 Å². The molecular weight excluding hydrogens is 300 g/mol. The van der Waals surface area contributed by atoms with Crippen LogP contribution in [0.15, 0.2) is 0 Å². The second-order valence-electron chi connectivity index (χ2n) is 7.09. The Labute approximate surface area is 140 Å². The van der Waals surface area contributed by atoms with Gasteiger partial charge in [-0.2, -0.15) is 0 Å². The Hall–Kier alpha value is -0.320. The first-order valence-corrected chi connectivity index (χ1v) is 8.91. The maximum absolute atomic E-state index is 12.3. The molecule has 1 aliphatic carbocycles. The van der Waals surface area contributed by atoms with Crippen LogP contribution in [0.2, 0.25) is 0 Å². The van der Waals surface area contributed by atoms with E-state index < -0.39 is 0 Å². The van der Waals surface area contributed by atoms with Crippen molar-refractivity contribution in [2.45, 2.75) is 57.5 Å². The van der Waals surface area contributed by atoms with Gasteiger partial charge >= 0.3 is 0 Å². The molecule has 3 fully saturated rings. The fourth-order valence-corrected chi connectivity index (χ4v) is 3.48. The number of hydrogen-bond donors (Lipinski definition) is 1. The predicted octanol–water partition coefficient (Wildman–Crippen LogP) is 2.61. The Kier molecular flexibility index (Phi) is 7.45. The molecule has 2 saturated heterocycles. The highest BCUT2D eigenvalue weighted by Gasteiger charge is 2.27. The van der Waals surface area contributed by atoms with Gasteiger partial charge in [-0.05, 0) is 69.9 Å². The molecule has 0 aromatic heterocycles. The summed E-state index contributed by atoms with van der Waals surface area (Å²) in [6.45, 7) is 5.01. The summed E-state index contributed by atoms with van der Waals surface area (Å²) >= 11 is 0. The zero-order chi connectivity index (χ0) is 14.5. The van der Waals surface area contributed by atoms with Crippen LogP contribution >= 0.6 is 12.4 Å². The van der Waals surface area contributed by atoms with E-state index in [0.717, 1.165) is 70.3 Å². The van der Waals surface area contributed by atoms with Crippen LogP contribution in [0.1, 0.15) is 51.4 Å². The molecule has 3 rings (SSSR count). The Morgan fingerprint density at radius 3 is 2.32 bits per heavy atom. The van der Waals surface area contributed by atoms with Crippen LogP contribution in [0.4, 0.5) is 0 Å². The van der Waals surface area contributed by atoms with Gasteiger partial charge in [0, 0.05) is 26.1 Å². The van der Waals surface area contributed by atoms with Crippen molar-refractivity contribution in [3.05, 3.63) is 0 Å². The minimum Gasteiger partial charge on any atom is -0.378 e. The van der Waals surface area contributed by atoms with Crippen LogP contribution in [0.5, 0.6) is 0 Å². The number of ether oxygens (including phenoxy) is 1. The third kappa shape index (κ3) is 5.71. The van der Waals surface area contributed by atoms with E-state index in [9.17, 15) is 4.79 Å². The molecule has 0 bridgehead atoms. The number of halogens is 1. The molecule has 0 aromatic carbocycles. The number of nitrogens with one attached hydrogen (secondary N) is 1. The second kappa shape index (κ2) is 9.09. The Morgan fingerprint density at radius 2 is 1.68 bits per heavy atom. The van der Waals surface area contributed by atoms with Crippen molar-refractivity contribution in [3.8, 4) is 0 Å². The molecule has 0 atom stereocenters. The lowest BCUT2D eigenvalue weighted by Crippen LogP contribution is -2.41. The molecule has 0 unspecified atom stereocenters. The van der Waals surface area contributed by atoms with E-state index in [-0.39, 0.29) is 12.4 Å². The van der Waals surface area contributed by atoms with Gasteiger partial charge in [-0.15, -0.1) is 12.4 Å². The SMILES string of the molecule is Cl.O=C(CCC1CCNCC1)N1CCC(OCC2CC2)CC1. The molecule has 3 aliphatic rings. The summed E-state index contributed by atoms with van der Waals surface area (Å²) in [6.07, 6.45) is 9.49. The predicted molar refractivity (Wildman–Crippen MR) is 90.4 cm³/mol. The normalized spacial score (nSPS) is 24.1. The van der Waals surface area contributed by atoms with Crippen LogP contribution in [0.3, 0.4) is 0 Å². The van der Waals surface area contributed by atoms with Gasteiger partial charge in [-0.3, -0.25) is 4.79 Å². The standard InChI is InChI=1S/C17H30N2O2.ClH/c20-17(4-3-14-5-9-18-10-6-14)19-11-7-16(8-12-19)21-13-15-1-2-15;/h14-16,18H,1-13H2;1H. The molecule has 0 radical (unpaired) electrons. The van der Waals surface area contributed by atoms with E-state index in [1.807, 2.05) is 0 Å². The molecule has 22 heavy (non-hydrogen) atoms. The Bertz CT molecular complexity index is 336. The highest BCUT2D eigenvalue weighted by molar-refractivity contribution is 5.85. The zero-order valence-electron chi connectivity index (χ0n) is 13.6. The summed E-state index contributed by atoms with van der Waals surface area (Å²) in [4.78, 5) is 14.4. The van der Waals surface area contributed by atoms with E-state index >= 15 is 0 Å². The van der Waals surface area contributed by atoms with Crippen LogP contribution in [-0.2, 0) is 9.53 Å². The van der Waals surface area contributed by atoms with E-state index in [2.05, 4.69) is 10.2 Å². The zero-order valence-corrected chi connectivity index (χ0v) is 14.4. The number of carbonyl (C=O) groups is 1. The molecule has 4 nitrogen and oxygen atoms in total. The number of carbonyl (C=O) groups excluding carboxylic acids is 1. The largest absolute Gasteiger partial charge is 0.378 e. The van der Waals surface area contributed by atoms with Crippen molar-refractivity contribution >= 4 is 18.3 Å². The average molecular weight is 331 g/mol. The molecule has 1 saturated carbocycles. The lowest BCUT2D eigenvalue weighted by Gasteiger charge is -2.32. The first-order valence-electron chi connectivity index (χ1n) is 8.91. The van der Waals surface area contributed by atoms with Crippen molar-refractivity contribution in [1.29, 1.82) is 0 Å². The van der Waals surface area contributed by atoms with Crippen molar-refractivity contribution in [2.75, 3.05) is 32.8 Å². The highest BCUT2D eigenvalue weighted by Crippen LogP contribution is 2.30. The summed E-state index contributed by atoms with van der Waals surface area (Å²) in [5.74, 6) is 1.97. The highest BCUT2D eigenvalue weighted by atomic mass is 35.5. The number of rotatable bonds is 6. The van der Waals surface area contributed by atoms with Gasteiger partial charge in [0.1, 0.15) is 0 Å². The average Bonchev–Trinajstić information content (AvgIpc) is 3.36. The van der Waals surface area contributed by atoms with E-state index in [1.165, 1.54) is 25.7 Å². The van der Waals surface area contributed by atoms with E-state index in [4.69, 9.17) is 4.74 Å². The minimum absolute atomic E-state index is 0. The fourth-order valence-electron chi connectivity index (χ4n) is 3.48. The molecule has 128 valence electrons. The third-order valence-electron chi connectivity index (χ3n) is 5.28. The van der Waals surface area contributed by atoms with Crippen molar-refractivity contribution < 1.29 is 9.53 Å². The monoisotopic (exact) mass is 330 g/mol. The van der Waals surface area contributed by atoms with Gasteiger partial charge in [0.25, 0.3) is 0 Å². The summed E-state index contributed by atoms with van der Waals surface area (Å²) in [5.41, 5.74) is 0. The fraction of sp³-hybridized carbons (Fsp3) is 0.941. The number of hydrogen-bond acceptors (Lipinski definition) is 3. The Morgan fingerprint density at radius 1 is 1.00 bits per heavy atom. The molecule has 5 heteroatoms. The van der Waals surface area contributed by atoms with Gasteiger partial charge in [0.2, 0.25) is 5.91 Å². The quantitative estimate of drug-likeness (QED) is 0.814. The van der Waals surface area contributed by atoms with Gasteiger partial charge in [0.15, 0.2) is 0 Å². The minimum atomic E-state index is 0. The maximum atomic E-state index is 12.3. The Balaban J connectivity index is 0.00000176. The second-order valence-corrected chi connectivity index (χ2v) is 7.09. The van der Waals surface area contributed by atoms with E-state index in [0.29, 0.717) is 12.0 Å². The number of nitrogens with zero attached hydrogens (tertiary/aromatic N) is 1. The number of piperidine rings is 2. The topological polar surface area (TPSA) is 41.6 Å². The first-order chi connectivity index (χ1) is 10.3. The number of amides is 1. The van der Waals surface area contributed by atoms with Crippen molar-refractivity contribution in [1.82, 2.24) is 10.2 Å². The summed E-state index contributed by atoms with van der Waals surface area (Å²) in [6, 6.07) is 0. The molecule has 1 amide bonds. The third-order valence-corrected chi connectivity index (χ3v) is 5.28. The summed E-state index contributed by atoms with van der Waals surface area (Å²) in [7, 11) is 0. The smallest absolute Gasteiger partial charge is 0.222 e. The van der Waals surface area contributed by atoms with Gasteiger partial charge in [-0.1, -0.05) is 0 Å². The van der Waals surface area contributed by atoms with Gasteiger partial charge in [0.05, 0.1) is 6.10 Å². The van der Waals surface area contributed by atoms with Crippen LogP contribution < -0.4 is 5.32 Å². The molecule has 2 heterocycles. The van der Waals surface area contributed by atoms with Crippen LogP contribution in [-0.4, -0.2) is 49.7 Å². The first kappa shape index (κ1) is 18.0. The molecular formula is C17H31ClN2O2. The van der Waals surface area contributed by atoms with Crippen LogP contribution in [0.25, 0.3) is 0 Å². The van der Waals surface area contributed by atoms with Gasteiger partial charge in [-0.25, -0.2) is 0 Å². The van der Waals surface area contributed by atoms with Gasteiger partial charge < -0.3 is 15.0 Å². The molecule has 1 N–H and O–H groups in total.